The van der Waals surface area contributed by atoms with E-state index < -0.39 is 6.10 Å². The molecule has 2 rings (SSSR count). The maximum atomic E-state index is 10.1. The molecule has 0 bridgehead atoms. The van der Waals surface area contributed by atoms with Crippen molar-refractivity contribution < 1.29 is 9.84 Å². The van der Waals surface area contributed by atoms with E-state index in [0.717, 1.165) is 11.1 Å². The Labute approximate surface area is 134 Å². The van der Waals surface area contributed by atoms with Gasteiger partial charge in [-0.1, -0.05) is 53.5 Å². The summed E-state index contributed by atoms with van der Waals surface area (Å²) in [5.41, 5.74) is 1.82. The van der Waals surface area contributed by atoms with Crippen molar-refractivity contribution in [2.45, 2.75) is 12.6 Å². The van der Waals surface area contributed by atoms with Gasteiger partial charge >= 0.3 is 0 Å². The predicted molar refractivity (Wildman–Crippen MR) is 86.1 cm³/mol. The molecule has 0 heterocycles. The Balaban J connectivity index is 1.92. The molecule has 0 amide bonds. The van der Waals surface area contributed by atoms with Gasteiger partial charge in [-0.3, -0.25) is 0 Å². The molecular formula is C16H17Cl2NO2. The number of methoxy groups -OCH3 is 1. The lowest BCUT2D eigenvalue weighted by atomic mass is 10.1. The highest BCUT2D eigenvalue weighted by atomic mass is 35.5. The molecule has 0 saturated carbocycles. The summed E-state index contributed by atoms with van der Waals surface area (Å²) in [7, 11) is 1.53. The maximum absolute atomic E-state index is 10.1. The van der Waals surface area contributed by atoms with Crippen LogP contribution in [0.2, 0.25) is 10.0 Å². The third kappa shape index (κ3) is 4.35. The van der Waals surface area contributed by atoms with Crippen LogP contribution in [0.4, 0.5) is 0 Å². The minimum atomic E-state index is -0.546. The number of rotatable bonds is 6. The lowest BCUT2D eigenvalue weighted by molar-refractivity contribution is 0.174. The fraction of sp³-hybridized carbons (Fsp3) is 0.250. The number of ether oxygens (including phenoxy) is 1. The third-order valence-corrected chi connectivity index (χ3v) is 3.67. The van der Waals surface area contributed by atoms with Crippen LogP contribution in [0.15, 0.2) is 42.5 Å². The van der Waals surface area contributed by atoms with E-state index in [-0.39, 0.29) is 0 Å². The molecule has 2 N–H and O–H groups in total. The van der Waals surface area contributed by atoms with Gasteiger partial charge in [0.2, 0.25) is 0 Å². The van der Waals surface area contributed by atoms with Crippen LogP contribution in [0.25, 0.3) is 0 Å². The molecule has 3 nitrogen and oxygen atoms in total. The van der Waals surface area contributed by atoms with Crippen LogP contribution < -0.4 is 10.1 Å². The minimum absolute atomic E-state index is 0.450. The van der Waals surface area contributed by atoms with E-state index in [4.69, 9.17) is 27.9 Å². The van der Waals surface area contributed by atoms with Crippen LogP contribution in [-0.2, 0) is 6.54 Å². The van der Waals surface area contributed by atoms with Crippen molar-refractivity contribution in [3.05, 3.63) is 63.6 Å². The molecule has 2 aromatic rings. The Morgan fingerprint density at radius 3 is 2.33 bits per heavy atom. The van der Waals surface area contributed by atoms with Gasteiger partial charge in [0, 0.05) is 13.1 Å². The molecule has 112 valence electrons. The topological polar surface area (TPSA) is 41.5 Å². The summed E-state index contributed by atoms with van der Waals surface area (Å²) in [6.07, 6.45) is -0.546. The Morgan fingerprint density at radius 1 is 1.14 bits per heavy atom. The van der Waals surface area contributed by atoms with Crippen LogP contribution in [0.3, 0.4) is 0 Å². The molecule has 0 spiro atoms. The molecule has 0 aliphatic heterocycles. The van der Waals surface area contributed by atoms with E-state index in [0.29, 0.717) is 28.9 Å². The van der Waals surface area contributed by atoms with Crippen molar-refractivity contribution in [3.8, 4) is 5.75 Å². The van der Waals surface area contributed by atoms with Gasteiger partial charge in [0.1, 0.15) is 0 Å². The standard InChI is InChI=1S/C16H17Cl2NO2/c1-21-16-13(17)7-11(8-14(16)18)9-19-10-15(20)12-5-3-2-4-6-12/h2-8,15,19-20H,9-10H2,1H3. The molecule has 0 saturated heterocycles. The van der Waals surface area contributed by atoms with Crippen molar-refractivity contribution >= 4 is 23.2 Å². The number of hydrogen-bond donors (Lipinski definition) is 2. The zero-order valence-corrected chi connectivity index (χ0v) is 13.2. The van der Waals surface area contributed by atoms with Crippen molar-refractivity contribution in [2.24, 2.45) is 0 Å². The molecule has 5 heteroatoms. The number of nitrogens with one attached hydrogen (secondary N) is 1. The van der Waals surface area contributed by atoms with E-state index in [1.54, 1.807) is 12.1 Å². The lowest BCUT2D eigenvalue weighted by Gasteiger charge is -2.13. The van der Waals surface area contributed by atoms with Gasteiger partial charge in [0.25, 0.3) is 0 Å². The Bertz CT molecular complexity index is 567. The average Bonchev–Trinajstić information content (AvgIpc) is 2.48. The number of benzene rings is 2. The number of hydrogen-bond acceptors (Lipinski definition) is 3. The summed E-state index contributed by atoms with van der Waals surface area (Å²) in [5, 5.41) is 14.2. The van der Waals surface area contributed by atoms with Crippen molar-refractivity contribution in [2.75, 3.05) is 13.7 Å². The van der Waals surface area contributed by atoms with Gasteiger partial charge < -0.3 is 15.2 Å². The van der Waals surface area contributed by atoms with Crippen molar-refractivity contribution in [1.82, 2.24) is 5.32 Å². The van der Waals surface area contributed by atoms with Crippen LogP contribution in [-0.4, -0.2) is 18.8 Å². The highest BCUT2D eigenvalue weighted by molar-refractivity contribution is 6.37. The molecule has 21 heavy (non-hydrogen) atoms. The van der Waals surface area contributed by atoms with Crippen LogP contribution in [0.1, 0.15) is 17.2 Å². The summed E-state index contributed by atoms with van der Waals surface area (Å²) in [6, 6.07) is 13.1. The van der Waals surface area contributed by atoms with Crippen LogP contribution in [0, 0.1) is 0 Å². The van der Waals surface area contributed by atoms with E-state index in [1.807, 2.05) is 30.3 Å². The van der Waals surface area contributed by atoms with Crippen molar-refractivity contribution in [1.29, 1.82) is 0 Å². The van der Waals surface area contributed by atoms with Gasteiger partial charge in [-0.15, -0.1) is 0 Å². The number of halogens is 2. The van der Waals surface area contributed by atoms with Gasteiger partial charge in [-0.05, 0) is 23.3 Å². The third-order valence-electron chi connectivity index (χ3n) is 3.11. The summed E-state index contributed by atoms with van der Waals surface area (Å²) in [5.74, 6) is 0.478. The second kappa shape index (κ2) is 7.66. The first kappa shape index (κ1) is 16.1. The SMILES string of the molecule is COc1c(Cl)cc(CNCC(O)c2ccccc2)cc1Cl. The zero-order chi connectivity index (χ0) is 15.2. The molecule has 0 aliphatic carbocycles. The second-order valence-electron chi connectivity index (χ2n) is 4.65. The zero-order valence-electron chi connectivity index (χ0n) is 11.6. The molecule has 1 unspecified atom stereocenters. The second-order valence-corrected chi connectivity index (χ2v) is 5.46. The van der Waals surface area contributed by atoms with Gasteiger partial charge in [0.05, 0.1) is 23.3 Å². The average molecular weight is 326 g/mol. The Hall–Kier alpha value is -1.26. The minimum Gasteiger partial charge on any atom is -0.494 e. The summed E-state index contributed by atoms with van der Waals surface area (Å²) < 4.78 is 5.11. The first-order valence-corrected chi connectivity index (χ1v) is 7.33. The molecule has 0 aromatic heterocycles. The van der Waals surface area contributed by atoms with E-state index in [1.165, 1.54) is 7.11 Å². The molecule has 1 atom stereocenters. The molecule has 2 aromatic carbocycles. The van der Waals surface area contributed by atoms with Crippen molar-refractivity contribution in [3.63, 3.8) is 0 Å². The number of aliphatic hydroxyl groups is 1. The largest absolute Gasteiger partial charge is 0.494 e. The Kier molecular flexibility index (Phi) is 5.88. The maximum Gasteiger partial charge on any atom is 0.156 e. The van der Waals surface area contributed by atoms with Crippen LogP contribution >= 0.6 is 23.2 Å². The van der Waals surface area contributed by atoms with Gasteiger partial charge in [-0.25, -0.2) is 0 Å². The lowest BCUT2D eigenvalue weighted by Crippen LogP contribution is -2.21. The summed E-state index contributed by atoms with van der Waals surface area (Å²) >= 11 is 12.2. The summed E-state index contributed by atoms with van der Waals surface area (Å²) in [4.78, 5) is 0. The van der Waals surface area contributed by atoms with Gasteiger partial charge in [-0.2, -0.15) is 0 Å². The van der Waals surface area contributed by atoms with E-state index >= 15 is 0 Å². The predicted octanol–water partition coefficient (Wildman–Crippen LogP) is 3.83. The first-order valence-electron chi connectivity index (χ1n) is 6.57. The number of aliphatic hydroxyl groups excluding tert-OH is 1. The van der Waals surface area contributed by atoms with Gasteiger partial charge in [0.15, 0.2) is 5.75 Å². The summed E-state index contributed by atoms with van der Waals surface area (Å²) in [6.45, 7) is 1.01. The normalized spacial score (nSPS) is 12.2. The quantitative estimate of drug-likeness (QED) is 0.848. The highest BCUT2D eigenvalue weighted by Gasteiger charge is 2.10. The monoisotopic (exact) mass is 325 g/mol. The van der Waals surface area contributed by atoms with E-state index in [9.17, 15) is 5.11 Å². The molecule has 0 radical (unpaired) electrons. The smallest absolute Gasteiger partial charge is 0.156 e. The fourth-order valence-corrected chi connectivity index (χ4v) is 2.74. The molecular weight excluding hydrogens is 309 g/mol. The Morgan fingerprint density at radius 2 is 1.76 bits per heavy atom. The molecule has 0 fully saturated rings. The highest BCUT2D eigenvalue weighted by Crippen LogP contribution is 2.33. The first-order chi connectivity index (χ1) is 10.1. The fourth-order valence-electron chi connectivity index (χ4n) is 2.06. The molecule has 0 aliphatic rings. The van der Waals surface area contributed by atoms with E-state index in [2.05, 4.69) is 5.32 Å². The van der Waals surface area contributed by atoms with Crippen LogP contribution in [0.5, 0.6) is 5.75 Å².